The highest BCUT2D eigenvalue weighted by Gasteiger charge is 2.42. The number of rotatable bonds is 11. The van der Waals surface area contributed by atoms with Crippen LogP contribution in [0, 0.1) is 6.92 Å². The lowest BCUT2D eigenvalue weighted by atomic mass is 9.84. The Bertz CT molecular complexity index is 1810. The molecule has 2 heterocycles. The Balaban J connectivity index is 1.24. The fourth-order valence-corrected chi connectivity index (χ4v) is 7.55. The van der Waals surface area contributed by atoms with Crippen LogP contribution in [-0.4, -0.2) is 38.9 Å². The fourth-order valence-electron chi connectivity index (χ4n) is 5.64. The molecule has 2 N–H and O–H groups in total. The van der Waals surface area contributed by atoms with Gasteiger partial charge in [0.25, 0.3) is 0 Å². The van der Waals surface area contributed by atoms with E-state index in [-0.39, 0.29) is 42.8 Å². The van der Waals surface area contributed by atoms with Gasteiger partial charge in [0, 0.05) is 28.5 Å². The summed E-state index contributed by atoms with van der Waals surface area (Å²) in [5.74, 6) is 0.296. The van der Waals surface area contributed by atoms with Gasteiger partial charge in [0.1, 0.15) is 5.01 Å². The highest BCUT2D eigenvalue weighted by atomic mass is 32.2. The summed E-state index contributed by atoms with van der Waals surface area (Å²) in [5.41, 5.74) is 5.74. The molecule has 1 saturated heterocycles. The quantitative estimate of drug-likeness (QED) is 0.111. The minimum atomic E-state index is -0.656. The molecule has 1 aromatic heterocycles. The Kier molecular flexibility index (Phi) is 10.5. The molecule has 1 amide bonds. The van der Waals surface area contributed by atoms with E-state index in [1.165, 1.54) is 6.92 Å². The molecule has 240 valence electrons. The van der Waals surface area contributed by atoms with Gasteiger partial charge in [-0.2, -0.15) is 0 Å². The number of ether oxygens (including phenoxy) is 2. The molecule has 47 heavy (non-hydrogen) atoms. The molecule has 4 aromatic carbocycles. The number of aliphatic hydroxyl groups is 1. The Morgan fingerprint density at radius 2 is 1.57 bits per heavy atom. The number of aryl methyl sites for hydroxylation is 1. The molecule has 1 unspecified atom stereocenters. The molecule has 4 atom stereocenters. The second-order valence-electron chi connectivity index (χ2n) is 11.4. The van der Waals surface area contributed by atoms with Gasteiger partial charge >= 0.3 is 0 Å². The zero-order valence-corrected chi connectivity index (χ0v) is 27.7. The number of hydrogen-bond acceptors (Lipinski definition) is 9. The standard InChI is InChI=1S/C37H35N3O5S2/c1-23(42)30-9-6-10-31(20-30)38-33(43)19-25-11-17-29(18-12-25)36-44-32(22-46-37-40-39-24(2)47-37)34(27-7-4-3-5-8-27)35(45-36)28-15-13-26(21-41)14-16-28/h3-18,20,32,34-36,41H,19,21-22H2,1-2H3,(H,38,43)/t32-,34-,35+,36?/m1/s1. The average Bonchev–Trinajstić information content (AvgIpc) is 3.52. The van der Waals surface area contributed by atoms with Gasteiger partial charge in [0.2, 0.25) is 5.91 Å². The highest BCUT2D eigenvalue weighted by Crippen LogP contribution is 2.48. The van der Waals surface area contributed by atoms with E-state index in [0.29, 0.717) is 17.0 Å². The zero-order valence-electron chi connectivity index (χ0n) is 26.0. The molecule has 10 heteroatoms. The number of Topliss-reactive ketones (excluding diaryl/α,β-unsaturated/α-hetero) is 1. The Morgan fingerprint density at radius 1 is 0.851 bits per heavy atom. The van der Waals surface area contributed by atoms with Crippen LogP contribution in [0.1, 0.15) is 68.4 Å². The predicted molar refractivity (Wildman–Crippen MR) is 184 cm³/mol. The van der Waals surface area contributed by atoms with Gasteiger partial charge in [-0.1, -0.05) is 114 Å². The molecule has 1 fully saturated rings. The fraction of sp³-hybridized carbons (Fsp3) is 0.243. The molecule has 1 aliphatic rings. The van der Waals surface area contributed by atoms with Crippen LogP contribution in [-0.2, 0) is 27.3 Å². The van der Waals surface area contributed by atoms with Gasteiger partial charge in [-0.05, 0) is 48.2 Å². The van der Waals surface area contributed by atoms with E-state index in [1.54, 1.807) is 47.4 Å². The number of thioether (sulfide) groups is 1. The number of benzene rings is 4. The summed E-state index contributed by atoms with van der Waals surface area (Å²) in [5, 5.41) is 22.0. The van der Waals surface area contributed by atoms with Crippen molar-refractivity contribution in [3.05, 3.63) is 142 Å². The van der Waals surface area contributed by atoms with E-state index >= 15 is 0 Å². The van der Waals surface area contributed by atoms with Gasteiger partial charge < -0.3 is 19.9 Å². The highest BCUT2D eigenvalue weighted by molar-refractivity contribution is 8.01. The second kappa shape index (κ2) is 15.1. The lowest BCUT2D eigenvalue weighted by molar-refractivity contribution is -0.255. The molecule has 0 spiro atoms. The number of anilines is 1. The van der Waals surface area contributed by atoms with Gasteiger partial charge in [0.15, 0.2) is 16.4 Å². The van der Waals surface area contributed by atoms with Crippen LogP contribution in [0.3, 0.4) is 0 Å². The Labute approximate surface area is 282 Å². The molecule has 8 nitrogen and oxygen atoms in total. The van der Waals surface area contributed by atoms with Crippen LogP contribution in [0.4, 0.5) is 5.69 Å². The molecular formula is C37H35N3O5S2. The van der Waals surface area contributed by atoms with Crippen LogP contribution in [0.5, 0.6) is 0 Å². The normalized spacial score (nSPS) is 19.3. The van der Waals surface area contributed by atoms with Crippen LogP contribution in [0.15, 0.2) is 107 Å². The number of amides is 1. The van der Waals surface area contributed by atoms with Gasteiger partial charge in [-0.25, -0.2) is 0 Å². The molecule has 0 radical (unpaired) electrons. The summed E-state index contributed by atoms with van der Waals surface area (Å²) in [7, 11) is 0. The monoisotopic (exact) mass is 665 g/mol. The number of ketones is 1. The third-order valence-electron chi connectivity index (χ3n) is 8.02. The lowest BCUT2D eigenvalue weighted by Crippen LogP contribution is -2.38. The molecular weight excluding hydrogens is 631 g/mol. The Hall–Kier alpha value is -4.19. The molecule has 0 bridgehead atoms. The summed E-state index contributed by atoms with van der Waals surface area (Å²) < 4.78 is 14.4. The third-order valence-corrected chi connectivity index (χ3v) is 10.1. The first-order chi connectivity index (χ1) is 22.9. The smallest absolute Gasteiger partial charge is 0.228 e. The molecule has 5 aromatic rings. The van der Waals surface area contributed by atoms with Gasteiger partial charge in [-0.15, -0.1) is 10.2 Å². The minimum Gasteiger partial charge on any atom is -0.392 e. The van der Waals surface area contributed by atoms with Gasteiger partial charge in [-0.3, -0.25) is 9.59 Å². The molecule has 6 rings (SSSR count). The van der Waals surface area contributed by atoms with Crippen LogP contribution < -0.4 is 5.32 Å². The number of nitrogens with one attached hydrogen (secondary N) is 1. The topological polar surface area (TPSA) is 111 Å². The first-order valence-electron chi connectivity index (χ1n) is 15.3. The first kappa shape index (κ1) is 32.7. The molecule has 0 saturated carbocycles. The number of aliphatic hydroxyl groups excluding tert-OH is 1. The summed E-state index contributed by atoms with van der Waals surface area (Å²) in [6.07, 6.45) is -1.05. The maximum Gasteiger partial charge on any atom is 0.228 e. The van der Waals surface area contributed by atoms with E-state index in [4.69, 9.17) is 9.47 Å². The second-order valence-corrected chi connectivity index (χ2v) is 13.8. The summed E-state index contributed by atoms with van der Waals surface area (Å²) in [6.45, 7) is 3.41. The largest absolute Gasteiger partial charge is 0.392 e. The van der Waals surface area contributed by atoms with Crippen molar-refractivity contribution < 1.29 is 24.2 Å². The van der Waals surface area contributed by atoms with Crippen LogP contribution >= 0.6 is 23.1 Å². The minimum absolute atomic E-state index is 0.0324. The zero-order chi connectivity index (χ0) is 32.8. The average molecular weight is 666 g/mol. The van der Waals surface area contributed by atoms with Crippen molar-refractivity contribution in [1.29, 1.82) is 0 Å². The first-order valence-corrected chi connectivity index (χ1v) is 17.1. The number of carbonyl (C=O) groups is 2. The SMILES string of the molecule is CC(=O)c1cccc(NC(=O)Cc2ccc(C3O[C@H](CSc4nnc(C)s4)[C@@H](c4ccccc4)[C@H](c4ccc(CO)cc4)O3)cc2)c1. The van der Waals surface area contributed by atoms with Crippen molar-refractivity contribution in [3.63, 3.8) is 0 Å². The van der Waals surface area contributed by atoms with E-state index in [1.807, 2.05) is 73.7 Å². The molecule has 0 aliphatic carbocycles. The number of aromatic nitrogens is 2. The van der Waals surface area contributed by atoms with Crippen molar-refractivity contribution in [3.8, 4) is 0 Å². The Morgan fingerprint density at radius 3 is 2.26 bits per heavy atom. The van der Waals surface area contributed by atoms with Crippen molar-refractivity contribution in [2.24, 2.45) is 0 Å². The van der Waals surface area contributed by atoms with Crippen LogP contribution in [0.2, 0.25) is 0 Å². The summed E-state index contributed by atoms with van der Waals surface area (Å²) in [4.78, 5) is 24.6. The predicted octanol–water partition coefficient (Wildman–Crippen LogP) is 7.45. The summed E-state index contributed by atoms with van der Waals surface area (Å²) in [6, 6.07) is 32.8. The summed E-state index contributed by atoms with van der Waals surface area (Å²) >= 11 is 3.19. The number of hydrogen-bond donors (Lipinski definition) is 2. The van der Waals surface area contributed by atoms with E-state index in [0.717, 1.165) is 37.2 Å². The third kappa shape index (κ3) is 8.22. The van der Waals surface area contributed by atoms with E-state index in [9.17, 15) is 14.7 Å². The van der Waals surface area contributed by atoms with E-state index < -0.39 is 6.29 Å². The molecule has 1 aliphatic heterocycles. The van der Waals surface area contributed by atoms with Gasteiger partial charge in [0.05, 0.1) is 25.2 Å². The van der Waals surface area contributed by atoms with Crippen molar-refractivity contribution >= 4 is 40.5 Å². The van der Waals surface area contributed by atoms with Crippen molar-refractivity contribution in [2.45, 2.75) is 55.6 Å². The maximum absolute atomic E-state index is 12.8. The lowest BCUT2D eigenvalue weighted by Gasteiger charge is -2.43. The number of nitrogens with zero attached hydrogens (tertiary/aromatic N) is 2. The maximum atomic E-state index is 12.8. The van der Waals surface area contributed by atoms with Crippen molar-refractivity contribution in [1.82, 2.24) is 10.2 Å². The van der Waals surface area contributed by atoms with Crippen LogP contribution in [0.25, 0.3) is 0 Å². The van der Waals surface area contributed by atoms with Crippen molar-refractivity contribution in [2.75, 3.05) is 11.1 Å². The number of carbonyl (C=O) groups excluding carboxylic acids is 2. The van der Waals surface area contributed by atoms with E-state index in [2.05, 4.69) is 27.6 Å².